The summed E-state index contributed by atoms with van der Waals surface area (Å²) in [6.45, 7) is 2.50. The average molecular weight is 365 g/mol. The van der Waals surface area contributed by atoms with Gasteiger partial charge in [0.05, 0.1) is 6.04 Å². The Hall–Kier alpha value is -1.72. The number of carbonyl (C=O) groups is 1. The third-order valence-electron chi connectivity index (χ3n) is 3.53. The maximum Gasteiger partial charge on any atom is 0.241 e. The summed E-state index contributed by atoms with van der Waals surface area (Å²) in [6, 6.07) is 13.4. The molecule has 0 saturated heterocycles. The predicted molar refractivity (Wildman–Crippen MR) is 90.1 cm³/mol. The van der Waals surface area contributed by atoms with Gasteiger partial charge >= 0.3 is 0 Å². The number of nitrogens with one attached hydrogen (secondary N) is 1. The Kier molecular flexibility index (Phi) is 5.69. The van der Waals surface area contributed by atoms with Gasteiger partial charge in [0, 0.05) is 16.7 Å². The Morgan fingerprint density at radius 3 is 2.50 bits per heavy atom. The van der Waals surface area contributed by atoms with E-state index in [0.29, 0.717) is 12.2 Å². The first-order valence-corrected chi connectivity index (χ1v) is 7.77. The number of benzene rings is 2. The van der Waals surface area contributed by atoms with E-state index in [4.69, 9.17) is 0 Å². The van der Waals surface area contributed by atoms with Crippen molar-refractivity contribution in [1.82, 2.24) is 4.90 Å². The van der Waals surface area contributed by atoms with Crippen molar-refractivity contribution >= 4 is 27.5 Å². The van der Waals surface area contributed by atoms with Gasteiger partial charge < -0.3 is 5.32 Å². The van der Waals surface area contributed by atoms with E-state index >= 15 is 0 Å². The molecule has 1 amide bonds. The van der Waals surface area contributed by atoms with Crippen LogP contribution in [-0.4, -0.2) is 23.9 Å². The average Bonchev–Trinajstić information content (AvgIpc) is 2.51. The van der Waals surface area contributed by atoms with Crippen molar-refractivity contribution in [2.24, 2.45) is 0 Å². The van der Waals surface area contributed by atoms with Crippen molar-refractivity contribution in [3.8, 4) is 0 Å². The first-order chi connectivity index (χ1) is 10.5. The van der Waals surface area contributed by atoms with E-state index in [-0.39, 0.29) is 17.8 Å². The van der Waals surface area contributed by atoms with Gasteiger partial charge in [-0.25, -0.2) is 4.39 Å². The molecule has 0 unspecified atom stereocenters. The minimum absolute atomic E-state index is 0.124. The van der Waals surface area contributed by atoms with Gasteiger partial charge in [0.2, 0.25) is 5.91 Å². The van der Waals surface area contributed by atoms with Crippen LogP contribution >= 0.6 is 15.9 Å². The minimum atomic E-state index is -0.322. The number of carbonyl (C=O) groups excluding carboxylic acids is 1. The molecule has 0 aliphatic rings. The largest absolute Gasteiger partial charge is 0.325 e. The lowest BCUT2D eigenvalue weighted by Gasteiger charge is -2.24. The van der Waals surface area contributed by atoms with Crippen LogP contribution in [0.5, 0.6) is 0 Å². The normalized spacial score (nSPS) is 12.2. The highest BCUT2D eigenvalue weighted by molar-refractivity contribution is 9.10. The van der Waals surface area contributed by atoms with E-state index in [9.17, 15) is 9.18 Å². The SMILES string of the molecule is C[C@@H](C(=O)Nc1ccc(F)cc1)N(C)Cc1ccccc1Br. The summed E-state index contributed by atoms with van der Waals surface area (Å²) in [5.41, 5.74) is 1.71. The van der Waals surface area contributed by atoms with Crippen molar-refractivity contribution < 1.29 is 9.18 Å². The molecule has 2 aromatic carbocycles. The molecule has 0 heterocycles. The first-order valence-electron chi connectivity index (χ1n) is 6.97. The van der Waals surface area contributed by atoms with Gasteiger partial charge in [-0.2, -0.15) is 0 Å². The molecule has 0 fully saturated rings. The molecule has 2 rings (SSSR count). The molecule has 5 heteroatoms. The number of likely N-dealkylation sites (N-methyl/N-ethyl adjacent to an activating group) is 1. The number of rotatable bonds is 5. The number of amides is 1. The molecule has 0 bridgehead atoms. The summed E-state index contributed by atoms with van der Waals surface area (Å²) in [5, 5.41) is 2.79. The van der Waals surface area contributed by atoms with E-state index in [1.54, 1.807) is 12.1 Å². The smallest absolute Gasteiger partial charge is 0.241 e. The molecule has 0 radical (unpaired) electrons. The van der Waals surface area contributed by atoms with Gasteiger partial charge in [0.25, 0.3) is 0 Å². The van der Waals surface area contributed by atoms with Crippen molar-refractivity contribution in [3.05, 3.63) is 64.4 Å². The number of nitrogens with zero attached hydrogens (tertiary/aromatic N) is 1. The Morgan fingerprint density at radius 1 is 1.23 bits per heavy atom. The van der Waals surface area contributed by atoms with E-state index in [0.717, 1.165) is 10.0 Å². The van der Waals surface area contributed by atoms with Crippen LogP contribution in [0.2, 0.25) is 0 Å². The van der Waals surface area contributed by atoms with Gasteiger partial charge in [-0.3, -0.25) is 9.69 Å². The molecule has 0 aliphatic carbocycles. The highest BCUT2D eigenvalue weighted by atomic mass is 79.9. The van der Waals surface area contributed by atoms with Crippen LogP contribution in [0.3, 0.4) is 0 Å². The monoisotopic (exact) mass is 364 g/mol. The molecule has 0 aliphatic heterocycles. The van der Waals surface area contributed by atoms with Crippen LogP contribution in [0.25, 0.3) is 0 Å². The van der Waals surface area contributed by atoms with Gasteiger partial charge in [0.15, 0.2) is 0 Å². The molecule has 3 nitrogen and oxygen atoms in total. The third kappa shape index (κ3) is 4.39. The molecule has 0 spiro atoms. The predicted octanol–water partition coefficient (Wildman–Crippen LogP) is 4.05. The number of hydrogen-bond acceptors (Lipinski definition) is 2. The van der Waals surface area contributed by atoms with Gasteiger partial charge in [-0.1, -0.05) is 34.1 Å². The van der Waals surface area contributed by atoms with Crippen molar-refractivity contribution in [2.75, 3.05) is 12.4 Å². The molecule has 0 aromatic heterocycles. The second-order valence-electron chi connectivity index (χ2n) is 5.18. The summed E-state index contributed by atoms with van der Waals surface area (Å²) in [7, 11) is 1.90. The number of anilines is 1. The second kappa shape index (κ2) is 7.51. The molecule has 116 valence electrons. The number of halogens is 2. The molecule has 1 N–H and O–H groups in total. The zero-order valence-corrected chi connectivity index (χ0v) is 14.1. The van der Waals surface area contributed by atoms with Crippen LogP contribution in [0, 0.1) is 5.82 Å². The zero-order valence-electron chi connectivity index (χ0n) is 12.5. The molecular weight excluding hydrogens is 347 g/mol. The van der Waals surface area contributed by atoms with E-state index in [1.807, 2.05) is 43.1 Å². The van der Waals surface area contributed by atoms with Crippen LogP contribution in [0.4, 0.5) is 10.1 Å². The fourth-order valence-corrected chi connectivity index (χ4v) is 2.42. The van der Waals surface area contributed by atoms with Gasteiger partial charge in [-0.05, 0) is 49.9 Å². The molecular formula is C17H18BrFN2O. The standard InChI is InChI=1S/C17H18BrFN2O/c1-12(17(22)20-15-9-7-14(19)8-10-15)21(2)11-13-5-3-4-6-16(13)18/h3-10,12H,11H2,1-2H3,(H,20,22)/t12-/m0/s1. The summed E-state index contributed by atoms with van der Waals surface area (Å²) in [4.78, 5) is 14.2. The molecule has 22 heavy (non-hydrogen) atoms. The van der Waals surface area contributed by atoms with Crippen LogP contribution < -0.4 is 5.32 Å². The van der Waals surface area contributed by atoms with Gasteiger partial charge in [-0.15, -0.1) is 0 Å². The van der Waals surface area contributed by atoms with E-state index < -0.39 is 0 Å². The molecule has 0 saturated carbocycles. The fourth-order valence-electron chi connectivity index (χ4n) is 2.01. The lowest BCUT2D eigenvalue weighted by Crippen LogP contribution is -2.39. The van der Waals surface area contributed by atoms with E-state index in [1.165, 1.54) is 12.1 Å². The lowest BCUT2D eigenvalue weighted by atomic mass is 10.2. The van der Waals surface area contributed by atoms with Crippen molar-refractivity contribution in [3.63, 3.8) is 0 Å². The highest BCUT2D eigenvalue weighted by Gasteiger charge is 2.18. The second-order valence-corrected chi connectivity index (χ2v) is 6.03. The van der Waals surface area contributed by atoms with Gasteiger partial charge in [0.1, 0.15) is 5.82 Å². The maximum atomic E-state index is 12.9. The fraction of sp³-hybridized carbons (Fsp3) is 0.235. The van der Waals surface area contributed by atoms with Crippen molar-refractivity contribution in [2.45, 2.75) is 19.5 Å². The Balaban J connectivity index is 1.97. The van der Waals surface area contributed by atoms with Crippen molar-refractivity contribution in [1.29, 1.82) is 0 Å². The van der Waals surface area contributed by atoms with Crippen LogP contribution in [0.15, 0.2) is 53.0 Å². The quantitative estimate of drug-likeness (QED) is 0.867. The van der Waals surface area contributed by atoms with Crippen LogP contribution in [-0.2, 0) is 11.3 Å². The summed E-state index contributed by atoms with van der Waals surface area (Å²) in [6.07, 6.45) is 0. The highest BCUT2D eigenvalue weighted by Crippen LogP contribution is 2.18. The molecule has 2 aromatic rings. The Morgan fingerprint density at radius 2 is 1.86 bits per heavy atom. The minimum Gasteiger partial charge on any atom is -0.325 e. The summed E-state index contributed by atoms with van der Waals surface area (Å²) >= 11 is 3.51. The molecule has 1 atom stereocenters. The Bertz CT molecular complexity index is 645. The Labute approximate surface area is 138 Å². The summed E-state index contributed by atoms with van der Waals surface area (Å²) in [5.74, 6) is -0.446. The number of hydrogen-bond donors (Lipinski definition) is 1. The maximum absolute atomic E-state index is 12.9. The van der Waals surface area contributed by atoms with E-state index in [2.05, 4.69) is 21.2 Å². The zero-order chi connectivity index (χ0) is 16.1. The third-order valence-corrected chi connectivity index (χ3v) is 4.30. The summed E-state index contributed by atoms with van der Waals surface area (Å²) < 4.78 is 13.9. The first kappa shape index (κ1) is 16.6. The topological polar surface area (TPSA) is 32.3 Å². The van der Waals surface area contributed by atoms with Crippen LogP contribution in [0.1, 0.15) is 12.5 Å². The lowest BCUT2D eigenvalue weighted by molar-refractivity contribution is -0.120.